The highest BCUT2D eigenvalue weighted by molar-refractivity contribution is 9.09. The van der Waals surface area contributed by atoms with Gasteiger partial charge in [-0.3, -0.25) is 4.79 Å². The Balaban J connectivity index is 2.36. The largest absolute Gasteiger partial charge is 0.481 e. The molecule has 0 aliphatic heterocycles. The first-order valence-corrected chi connectivity index (χ1v) is 6.70. The molecule has 1 aromatic rings. The third-order valence-electron chi connectivity index (χ3n) is 2.31. The van der Waals surface area contributed by atoms with Gasteiger partial charge >= 0.3 is 0 Å². The van der Waals surface area contributed by atoms with Crippen molar-refractivity contribution in [1.29, 1.82) is 0 Å². The first-order chi connectivity index (χ1) is 8.27. The fourth-order valence-corrected chi connectivity index (χ4v) is 1.80. The number of unbranched alkanes of at least 4 members (excludes halogenated alkanes) is 1. The Morgan fingerprint density at radius 3 is 3.06 bits per heavy atom. The highest BCUT2D eigenvalue weighted by Gasteiger charge is 2.05. The van der Waals surface area contributed by atoms with Crippen molar-refractivity contribution in [2.24, 2.45) is 0 Å². The Morgan fingerprint density at radius 1 is 1.53 bits per heavy atom. The lowest BCUT2D eigenvalue weighted by Crippen LogP contribution is -2.22. The predicted molar refractivity (Wildman–Crippen MR) is 70.3 cm³/mol. The zero-order chi connectivity index (χ0) is 12.5. The van der Waals surface area contributed by atoms with E-state index in [-0.39, 0.29) is 5.91 Å². The van der Waals surface area contributed by atoms with E-state index in [9.17, 15) is 4.79 Å². The van der Waals surface area contributed by atoms with E-state index in [4.69, 9.17) is 4.74 Å². The van der Waals surface area contributed by atoms with E-state index in [2.05, 4.69) is 26.2 Å². The maximum absolute atomic E-state index is 11.5. The Morgan fingerprint density at radius 2 is 2.35 bits per heavy atom. The van der Waals surface area contributed by atoms with Crippen molar-refractivity contribution in [3.05, 3.63) is 23.9 Å². The number of hydrogen-bond donors (Lipinski definition) is 1. The first kappa shape index (κ1) is 14.0. The average Bonchev–Trinajstić information content (AvgIpc) is 2.37. The smallest absolute Gasteiger partial charge is 0.220 e. The number of ether oxygens (including phenoxy) is 1. The van der Waals surface area contributed by atoms with Crippen LogP contribution in [0.1, 0.15) is 24.8 Å². The maximum Gasteiger partial charge on any atom is 0.220 e. The molecule has 0 spiro atoms. The van der Waals surface area contributed by atoms with Crippen LogP contribution in [0.4, 0.5) is 0 Å². The second-order valence-electron chi connectivity index (χ2n) is 3.59. The van der Waals surface area contributed by atoms with Gasteiger partial charge in [0.2, 0.25) is 11.8 Å². The minimum Gasteiger partial charge on any atom is -0.481 e. The van der Waals surface area contributed by atoms with Crippen LogP contribution in [0.2, 0.25) is 0 Å². The molecular formula is C12H17BrN2O2. The molecule has 0 saturated carbocycles. The van der Waals surface area contributed by atoms with E-state index in [1.54, 1.807) is 13.3 Å². The number of halogens is 1. The minimum atomic E-state index is 0.0665. The fourth-order valence-electron chi connectivity index (χ4n) is 1.40. The molecule has 0 atom stereocenters. The van der Waals surface area contributed by atoms with E-state index >= 15 is 0 Å². The molecule has 1 amide bonds. The van der Waals surface area contributed by atoms with Gasteiger partial charge in [0.1, 0.15) is 0 Å². The molecule has 0 fully saturated rings. The summed E-state index contributed by atoms with van der Waals surface area (Å²) in [6.07, 6.45) is 4.15. The summed E-state index contributed by atoms with van der Waals surface area (Å²) in [6, 6.07) is 3.72. The molecule has 0 unspecified atom stereocenters. The van der Waals surface area contributed by atoms with Gasteiger partial charge in [-0.25, -0.2) is 4.98 Å². The SMILES string of the molecule is COc1ncccc1CNC(=O)CCCCBr. The van der Waals surface area contributed by atoms with E-state index < -0.39 is 0 Å². The van der Waals surface area contributed by atoms with Crippen LogP contribution in [-0.2, 0) is 11.3 Å². The molecule has 0 bridgehead atoms. The highest BCUT2D eigenvalue weighted by atomic mass is 79.9. The van der Waals surface area contributed by atoms with Gasteiger partial charge in [-0.05, 0) is 18.9 Å². The zero-order valence-corrected chi connectivity index (χ0v) is 11.5. The predicted octanol–water partition coefficient (Wildman–Crippen LogP) is 2.27. The number of hydrogen-bond acceptors (Lipinski definition) is 3. The number of aromatic nitrogens is 1. The molecule has 0 aliphatic carbocycles. The van der Waals surface area contributed by atoms with Gasteiger partial charge in [0.25, 0.3) is 0 Å². The molecule has 94 valence electrons. The van der Waals surface area contributed by atoms with Crippen molar-refractivity contribution < 1.29 is 9.53 Å². The molecule has 4 nitrogen and oxygen atoms in total. The van der Waals surface area contributed by atoms with E-state index in [1.165, 1.54) is 0 Å². The number of methoxy groups -OCH3 is 1. The van der Waals surface area contributed by atoms with Crippen molar-refractivity contribution in [1.82, 2.24) is 10.3 Å². The number of amides is 1. The summed E-state index contributed by atoms with van der Waals surface area (Å²) in [6.45, 7) is 0.462. The standard InChI is InChI=1S/C12H17BrN2O2/c1-17-12-10(5-4-8-14-12)9-15-11(16)6-2-3-7-13/h4-5,8H,2-3,6-7,9H2,1H3,(H,15,16). The molecule has 1 heterocycles. The van der Waals surface area contributed by atoms with E-state index in [0.29, 0.717) is 18.8 Å². The van der Waals surface area contributed by atoms with Crippen LogP contribution in [-0.4, -0.2) is 23.3 Å². The minimum absolute atomic E-state index is 0.0665. The van der Waals surface area contributed by atoms with Gasteiger partial charge in [-0.1, -0.05) is 22.0 Å². The van der Waals surface area contributed by atoms with Gasteiger partial charge in [-0.2, -0.15) is 0 Å². The van der Waals surface area contributed by atoms with Gasteiger partial charge in [-0.15, -0.1) is 0 Å². The lowest BCUT2D eigenvalue weighted by Gasteiger charge is -2.08. The number of alkyl halides is 1. The van der Waals surface area contributed by atoms with Crippen LogP contribution >= 0.6 is 15.9 Å². The van der Waals surface area contributed by atoms with Gasteiger partial charge in [0.15, 0.2) is 0 Å². The summed E-state index contributed by atoms with van der Waals surface area (Å²) in [5.41, 5.74) is 0.892. The topological polar surface area (TPSA) is 51.2 Å². The number of nitrogens with one attached hydrogen (secondary N) is 1. The van der Waals surface area contributed by atoms with Gasteiger partial charge in [0, 0.05) is 30.1 Å². The monoisotopic (exact) mass is 300 g/mol. The lowest BCUT2D eigenvalue weighted by molar-refractivity contribution is -0.121. The second-order valence-corrected chi connectivity index (χ2v) is 4.39. The van der Waals surface area contributed by atoms with Gasteiger partial charge in [0.05, 0.1) is 7.11 Å². The molecule has 1 rings (SSSR count). The number of pyridine rings is 1. The zero-order valence-electron chi connectivity index (χ0n) is 9.91. The van der Waals surface area contributed by atoms with Crippen molar-refractivity contribution in [3.8, 4) is 5.88 Å². The normalized spacial score (nSPS) is 10.0. The molecule has 17 heavy (non-hydrogen) atoms. The maximum atomic E-state index is 11.5. The molecule has 0 aromatic carbocycles. The van der Waals surface area contributed by atoms with Gasteiger partial charge < -0.3 is 10.1 Å². The number of nitrogens with zero attached hydrogens (tertiary/aromatic N) is 1. The Kier molecular flexibility index (Phi) is 6.62. The average molecular weight is 301 g/mol. The van der Waals surface area contributed by atoms with E-state index in [1.807, 2.05) is 12.1 Å². The van der Waals surface area contributed by atoms with Crippen LogP contribution in [0.25, 0.3) is 0 Å². The lowest BCUT2D eigenvalue weighted by atomic mass is 10.2. The number of carbonyl (C=O) groups is 1. The summed E-state index contributed by atoms with van der Waals surface area (Å²) in [5.74, 6) is 0.630. The molecule has 0 radical (unpaired) electrons. The van der Waals surface area contributed by atoms with Crippen LogP contribution in [0.15, 0.2) is 18.3 Å². The Hall–Kier alpha value is -1.10. The summed E-state index contributed by atoms with van der Waals surface area (Å²) in [7, 11) is 1.57. The van der Waals surface area contributed by atoms with E-state index in [0.717, 1.165) is 23.7 Å². The third-order valence-corrected chi connectivity index (χ3v) is 2.87. The number of rotatable bonds is 7. The van der Waals surface area contributed by atoms with Crippen molar-refractivity contribution >= 4 is 21.8 Å². The molecule has 1 N–H and O–H groups in total. The molecule has 5 heteroatoms. The third kappa shape index (κ3) is 5.17. The number of carbonyl (C=O) groups excluding carboxylic acids is 1. The quantitative estimate of drug-likeness (QED) is 0.621. The second kappa shape index (κ2) is 8.06. The Bertz CT molecular complexity index is 358. The first-order valence-electron chi connectivity index (χ1n) is 5.58. The van der Waals surface area contributed by atoms with Crippen molar-refractivity contribution in [3.63, 3.8) is 0 Å². The summed E-state index contributed by atoms with van der Waals surface area (Å²) in [5, 5.41) is 3.80. The van der Waals surface area contributed by atoms with Crippen LogP contribution in [0, 0.1) is 0 Å². The summed E-state index contributed by atoms with van der Waals surface area (Å²) >= 11 is 3.34. The highest BCUT2D eigenvalue weighted by Crippen LogP contribution is 2.12. The molecular weight excluding hydrogens is 284 g/mol. The Labute approximate surface area is 110 Å². The summed E-state index contributed by atoms with van der Waals surface area (Å²) in [4.78, 5) is 15.6. The van der Waals surface area contributed by atoms with Crippen LogP contribution in [0.5, 0.6) is 5.88 Å². The molecule has 0 saturated heterocycles. The summed E-state index contributed by atoms with van der Waals surface area (Å²) < 4.78 is 5.11. The fraction of sp³-hybridized carbons (Fsp3) is 0.500. The van der Waals surface area contributed by atoms with Crippen molar-refractivity contribution in [2.45, 2.75) is 25.8 Å². The van der Waals surface area contributed by atoms with Crippen LogP contribution < -0.4 is 10.1 Å². The van der Waals surface area contributed by atoms with Crippen LogP contribution in [0.3, 0.4) is 0 Å². The van der Waals surface area contributed by atoms with Crippen molar-refractivity contribution in [2.75, 3.05) is 12.4 Å². The molecule has 0 aliphatic rings. The molecule has 1 aromatic heterocycles.